The van der Waals surface area contributed by atoms with Crippen molar-refractivity contribution in [1.82, 2.24) is 9.62 Å². The first-order chi connectivity index (χ1) is 7.56. The number of hydrogen-bond donors (Lipinski definition) is 1. The Hall–Kier alpha value is -0.680. The second-order valence-corrected chi connectivity index (χ2v) is 5.75. The van der Waals surface area contributed by atoms with Crippen LogP contribution in [-0.2, 0) is 14.8 Å². The molecule has 1 N–H and O–H groups in total. The van der Waals surface area contributed by atoms with Crippen molar-refractivity contribution in [3.05, 3.63) is 0 Å². The summed E-state index contributed by atoms with van der Waals surface area (Å²) in [7, 11) is -3.48. The van der Waals surface area contributed by atoms with Gasteiger partial charge in [-0.25, -0.2) is 13.1 Å². The zero-order valence-electron chi connectivity index (χ0n) is 9.35. The van der Waals surface area contributed by atoms with E-state index in [1.54, 1.807) is 6.07 Å². The van der Waals surface area contributed by atoms with Crippen molar-refractivity contribution in [3.8, 4) is 6.07 Å². The number of nitriles is 1. The Kier molecular flexibility index (Phi) is 5.15. The number of ether oxygens (including phenoxy) is 1. The van der Waals surface area contributed by atoms with E-state index in [9.17, 15) is 8.42 Å². The molecule has 1 aliphatic rings. The average molecular weight is 247 g/mol. The van der Waals surface area contributed by atoms with Crippen LogP contribution in [-0.4, -0.2) is 58.0 Å². The number of nitrogens with one attached hydrogen (secondary N) is 1. The van der Waals surface area contributed by atoms with E-state index in [0.29, 0.717) is 26.3 Å². The number of morpholine rings is 1. The van der Waals surface area contributed by atoms with Gasteiger partial charge in [-0.15, -0.1) is 0 Å². The Balaban J connectivity index is 2.27. The second kappa shape index (κ2) is 6.15. The topological polar surface area (TPSA) is 82.4 Å². The first kappa shape index (κ1) is 13.4. The number of hydrogen-bond acceptors (Lipinski definition) is 5. The van der Waals surface area contributed by atoms with E-state index in [2.05, 4.69) is 9.62 Å². The molecule has 0 aromatic carbocycles. The monoisotopic (exact) mass is 247 g/mol. The third-order valence-corrected chi connectivity index (χ3v) is 4.13. The lowest BCUT2D eigenvalue weighted by molar-refractivity contribution is 0.0390. The molecule has 1 heterocycles. The number of sulfonamides is 1. The minimum Gasteiger partial charge on any atom is -0.379 e. The third kappa shape index (κ3) is 4.06. The standard InChI is InChI=1S/C9H17N3O3S/c1-9(8-10)16(13,14)11-2-3-12-4-6-15-7-5-12/h9,11H,2-7H2,1H3. The van der Waals surface area contributed by atoms with Crippen molar-refractivity contribution in [2.75, 3.05) is 39.4 Å². The Morgan fingerprint density at radius 3 is 2.69 bits per heavy atom. The zero-order chi connectivity index (χ0) is 12.0. The van der Waals surface area contributed by atoms with E-state index in [-0.39, 0.29) is 0 Å². The van der Waals surface area contributed by atoms with Crippen LogP contribution in [0, 0.1) is 11.3 Å². The minimum atomic E-state index is -3.48. The Morgan fingerprint density at radius 1 is 1.50 bits per heavy atom. The van der Waals surface area contributed by atoms with Crippen LogP contribution < -0.4 is 4.72 Å². The molecule has 0 saturated carbocycles. The van der Waals surface area contributed by atoms with Crippen LogP contribution in [0.3, 0.4) is 0 Å². The second-order valence-electron chi connectivity index (χ2n) is 3.66. The summed E-state index contributed by atoms with van der Waals surface area (Å²) in [6, 6.07) is 1.71. The van der Waals surface area contributed by atoms with E-state index >= 15 is 0 Å². The van der Waals surface area contributed by atoms with Crippen molar-refractivity contribution in [2.45, 2.75) is 12.2 Å². The molecule has 0 aliphatic carbocycles. The molecule has 6 nitrogen and oxygen atoms in total. The lowest BCUT2D eigenvalue weighted by Crippen LogP contribution is -2.42. The Morgan fingerprint density at radius 2 is 2.12 bits per heavy atom. The summed E-state index contributed by atoms with van der Waals surface area (Å²) < 4.78 is 30.5. The lowest BCUT2D eigenvalue weighted by Gasteiger charge is -2.26. The number of nitrogens with zero attached hydrogens (tertiary/aromatic N) is 2. The van der Waals surface area contributed by atoms with Gasteiger partial charge in [0, 0.05) is 26.2 Å². The largest absolute Gasteiger partial charge is 0.379 e. The molecule has 16 heavy (non-hydrogen) atoms. The summed E-state index contributed by atoms with van der Waals surface area (Å²) in [5, 5.41) is 7.52. The molecular weight excluding hydrogens is 230 g/mol. The fourth-order valence-corrected chi connectivity index (χ4v) is 2.13. The summed E-state index contributed by atoms with van der Waals surface area (Å²) >= 11 is 0. The first-order valence-electron chi connectivity index (χ1n) is 5.24. The van der Waals surface area contributed by atoms with Gasteiger partial charge in [-0.05, 0) is 6.92 Å². The average Bonchev–Trinajstić information content (AvgIpc) is 2.29. The summed E-state index contributed by atoms with van der Waals surface area (Å²) in [5.74, 6) is 0. The molecule has 7 heteroatoms. The van der Waals surface area contributed by atoms with Crippen LogP contribution in [0.1, 0.15) is 6.92 Å². The van der Waals surface area contributed by atoms with E-state index in [1.807, 2.05) is 0 Å². The fraction of sp³-hybridized carbons (Fsp3) is 0.889. The van der Waals surface area contributed by atoms with Crippen molar-refractivity contribution < 1.29 is 13.2 Å². The highest BCUT2D eigenvalue weighted by atomic mass is 32.2. The van der Waals surface area contributed by atoms with E-state index < -0.39 is 15.3 Å². The molecule has 0 spiro atoms. The molecule has 0 aromatic heterocycles. The Bertz CT molecular complexity index is 344. The molecule has 1 saturated heterocycles. The fourth-order valence-electron chi connectivity index (χ4n) is 1.37. The van der Waals surface area contributed by atoms with Gasteiger partial charge in [-0.3, -0.25) is 4.90 Å². The molecule has 92 valence electrons. The van der Waals surface area contributed by atoms with Gasteiger partial charge < -0.3 is 4.74 Å². The maximum Gasteiger partial charge on any atom is 0.227 e. The quantitative estimate of drug-likeness (QED) is 0.684. The molecule has 1 atom stereocenters. The van der Waals surface area contributed by atoms with E-state index in [0.717, 1.165) is 13.1 Å². The highest BCUT2D eigenvalue weighted by molar-refractivity contribution is 7.90. The molecule has 0 aromatic rings. The van der Waals surface area contributed by atoms with Gasteiger partial charge >= 0.3 is 0 Å². The van der Waals surface area contributed by atoms with Crippen molar-refractivity contribution in [3.63, 3.8) is 0 Å². The predicted molar refractivity (Wildman–Crippen MR) is 59.3 cm³/mol. The van der Waals surface area contributed by atoms with Crippen LogP contribution in [0.5, 0.6) is 0 Å². The van der Waals surface area contributed by atoms with Gasteiger partial charge in [0.15, 0.2) is 5.25 Å². The summed E-state index contributed by atoms with van der Waals surface area (Å²) in [6.07, 6.45) is 0. The normalized spacial score (nSPS) is 20.2. The zero-order valence-corrected chi connectivity index (χ0v) is 10.2. The van der Waals surface area contributed by atoms with E-state index in [4.69, 9.17) is 10.00 Å². The molecule has 0 amide bonds. The van der Waals surface area contributed by atoms with Crippen molar-refractivity contribution in [1.29, 1.82) is 5.26 Å². The SMILES string of the molecule is CC(C#N)S(=O)(=O)NCCN1CCOCC1. The van der Waals surface area contributed by atoms with Crippen molar-refractivity contribution in [2.24, 2.45) is 0 Å². The minimum absolute atomic E-state index is 0.342. The summed E-state index contributed by atoms with van der Waals surface area (Å²) in [5.41, 5.74) is 0. The van der Waals surface area contributed by atoms with Gasteiger partial charge in [0.25, 0.3) is 0 Å². The van der Waals surface area contributed by atoms with Gasteiger partial charge in [0.2, 0.25) is 10.0 Å². The molecule has 1 unspecified atom stereocenters. The van der Waals surface area contributed by atoms with Crippen LogP contribution in [0.4, 0.5) is 0 Å². The summed E-state index contributed by atoms with van der Waals surface area (Å²) in [6.45, 7) is 5.42. The van der Waals surface area contributed by atoms with Crippen molar-refractivity contribution >= 4 is 10.0 Å². The maximum absolute atomic E-state index is 11.4. The van der Waals surface area contributed by atoms with Gasteiger partial charge in [0.05, 0.1) is 19.3 Å². The van der Waals surface area contributed by atoms with Gasteiger partial charge in [0.1, 0.15) is 0 Å². The van der Waals surface area contributed by atoms with Gasteiger partial charge in [-0.2, -0.15) is 5.26 Å². The van der Waals surface area contributed by atoms with Crippen LogP contribution in [0.15, 0.2) is 0 Å². The predicted octanol–water partition coefficient (Wildman–Crippen LogP) is -0.850. The van der Waals surface area contributed by atoms with Crippen LogP contribution >= 0.6 is 0 Å². The molecule has 1 aliphatic heterocycles. The van der Waals surface area contributed by atoms with Crippen LogP contribution in [0.2, 0.25) is 0 Å². The molecular formula is C9H17N3O3S. The maximum atomic E-state index is 11.4. The lowest BCUT2D eigenvalue weighted by atomic mass is 10.4. The molecule has 0 radical (unpaired) electrons. The first-order valence-corrected chi connectivity index (χ1v) is 6.79. The Labute approximate surface area is 96.2 Å². The smallest absolute Gasteiger partial charge is 0.227 e. The highest BCUT2D eigenvalue weighted by Crippen LogP contribution is 1.98. The summed E-state index contributed by atoms with van der Waals surface area (Å²) in [4.78, 5) is 2.13. The molecule has 1 fully saturated rings. The van der Waals surface area contributed by atoms with Crippen LogP contribution in [0.25, 0.3) is 0 Å². The van der Waals surface area contributed by atoms with Gasteiger partial charge in [-0.1, -0.05) is 0 Å². The van der Waals surface area contributed by atoms with E-state index in [1.165, 1.54) is 6.92 Å². The molecule has 0 bridgehead atoms. The third-order valence-electron chi connectivity index (χ3n) is 2.48. The molecule has 1 rings (SSSR count). The highest BCUT2D eigenvalue weighted by Gasteiger charge is 2.19. The number of rotatable bonds is 5.